The summed E-state index contributed by atoms with van der Waals surface area (Å²) in [5.74, 6) is 0.0666. The van der Waals surface area contributed by atoms with E-state index in [1.54, 1.807) is 13.0 Å². The van der Waals surface area contributed by atoms with E-state index in [4.69, 9.17) is 17.3 Å². The lowest BCUT2D eigenvalue weighted by molar-refractivity contribution is -0.129. The number of carbonyl (C=O) groups is 2. The van der Waals surface area contributed by atoms with Crippen molar-refractivity contribution in [3.05, 3.63) is 28.2 Å². The van der Waals surface area contributed by atoms with E-state index in [-0.39, 0.29) is 17.9 Å². The zero-order chi connectivity index (χ0) is 20.1. The van der Waals surface area contributed by atoms with Gasteiger partial charge in [-0.05, 0) is 37.0 Å². The zero-order valence-electron chi connectivity index (χ0n) is 16.0. The molecule has 2 amide bonds. The number of fused-ring (bicyclic) bond motifs is 1. The van der Waals surface area contributed by atoms with Crippen LogP contribution in [-0.2, 0) is 16.0 Å². The molecule has 1 aliphatic carbocycles. The van der Waals surface area contributed by atoms with Crippen LogP contribution in [0, 0.1) is 5.92 Å². The molecule has 3 rings (SSSR count). The molecule has 0 bridgehead atoms. The topological polar surface area (TPSA) is 97.1 Å². The predicted molar refractivity (Wildman–Crippen MR) is 113 cm³/mol. The highest BCUT2D eigenvalue weighted by Crippen LogP contribution is 2.28. The number of hydrogen-bond donors (Lipinski definition) is 3. The van der Waals surface area contributed by atoms with Crippen molar-refractivity contribution in [1.29, 1.82) is 0 Å². The zero-order valence-corrected chi connectivity index (χ0v) is 17.6. The number of hydrogen-bond acceptors (Lipinski definition) is 5. The van der Waals surface area contributed by atoms with Crippen LogP contribution in [0.1, 0.15) is 44.0 Å². The van der Waals surface area contributed by atoms with Crippen LogP contribution in [0.4, 0.5) is 0 Å². The van der Waals surface area contributed by atoms with Gasteiger partial charge in [-0.15, -0.1) is 11.3 Å². The number of nitrogens with one attached hydrogen (secondary N) is 2. The first-order valence-corrected chi connectivity index (χ1v) is 11.0. The Hall–Kier alpha value is -1.70. The smallest absolute Gasteiger partial charge is 0.243 e. The number of halogens is 1. The molecule has 2 atom stereocenters. The summed E-state index contributed by atoms with van der Waals surface area (Å²) in [6, 6.07) is 4.80. The van der Waals surface area contributed by atoms with Crippen molar-refractivity contribution in [2.75, 3.05) is 6.54 Å². The number of thiazole rings is 1. The molecule has 1 aromatic carbocycles. The van der Waals surface area contributed by atoms with Gasteiger partial charge in [-0.25, -0.2) is 4.98 Å². The first-order valence-electron chi connectivity index (χ1n) is 9.85. The second kappa shape index (κ2) is 9.67. The van der Waals surface area contributed by atoms with Crippen molar-refractivity contribution >= 4 is 45.0 Å². The third-order valence-corrected chi connectivity index (χ3v) is 6.57. The van der Waals surface area contributed by atoms with Gasteiger partial charge >= 0.3 is 0 Å². The molecule has 0 aliphatic heterocycles. The molecule has 28 heavy (non-hydrogen) atoms. The van der Waals surface area contributed by atoms with Crippen molar-refractivity contribution in [3.63, 3.8) is 0 Å². The van der Waals surface area contributed by atoms with Crippen molar-refractivity contribution < 1.29 is 9.59 Å². The van der Waals surface area contributed by atoms with Crippen LogP contribution in [-0.4, -0.2) is 35.4 Å². The van der Waals surface area contributed by atoms with Crippen LogP contribution in [0.5, 0.6) is 0 Å². The van der Waals surface area contributed by atoms with Crippen molar-refractivity contribution in [2.45, 2.75) is 57.5 Å². The predicted octanol–water partition coefficient (Wildman–Crippen LogP) is 3.02. The Balaban J connectivity index is 1.74. The molecule has 8 heteroatoms. The molecule has 2 aromatic rings. The molecule has 0 spiro atoms. The third kappa shape index (κ3) is 5.21. The van der Waals surface area contributed by atoms with Gasteiger partial charge in [0.05, 0.1) is 15.2 Å². The number of nitrogens with two attached hydrogens (primary N) is 1. The summed E-state index contributed by atoms with van der Waals surface area (Å²) in [4.78, 5) is 29.6. The van der Waals surface area contributed by atoms with Gasteiger partial charge in [0.25, 0.3) is 0 Å². The first kappa shape index (κ1) is 21.0. The second-order valence-corrected chi connectivity index (χ2v) is 8.84. The van der Waals surface area contributed by atoms with Crippen LogP contribution in [0.3, 0.4) is 0 Å². The van der Waals surface area contributed by atoms with Crippen LogP contribution in [0.15, 0.2) is 18.2 Å². The number of rotatable bonds is 8. The fourth-order valence-corrected chi connectivity index (χ4v) is 5.01. The SMILES string of the molecule is CCC(=O)NC(Cc1nc2ccc(Cl)cc2s1)C(=O)N[C@H](CN)C1CCCC1. The van der Waals surface area contributed by atoms with E-state index in [1.165, 1.54) is 24.2 Å². The van der Waals surface area contributed by atoms with Gasteiger partial charge in [-0.2, -0.15) is 0 Å². The lowest BCUT2D eigenvalue weighted by Gasteiger charge is -2.26. The van der Waals surface area contributed by atoms with E-state index in [1.807, 2.05) is 12.1 Å². The largest absolute Gasteiger partial charge is 0.350 e. The molecule has 152 valence electrons. The van der Waals surface area contributed by atoms with Crippen molar-refractivity contribution in [2.24, 2.45) is 11.7 Å². The number of nitrogens with zero attached hydrogens (tertiary/aromatic N) is 1. The normalized spacial score (nSPS) is 16.8. The third-order valence-electron chi connectivity index (χ3n) is 5.30. The van der Waals surface area contributed by atoms with Crippen LogP contribution >= 0.6 is 22.9 Å². The van der Waals surface area contributed by atoms with E-state index < -0.39 is 6.04 Å². The molecule has 1 aliphatic rings. The standard InChI is InChI=1S/C20H27ClN4O2S/c1-2-18(26)23-15(20(27)25-16(11-22)12-5-3-4-6-12)10-19-24-14-8-7-13(21)9-17(14)28-19/h7-9,12,15-16H,2-6,10-11,22H2,1H3,(H,23,26)(H,25,27)/t15?,16-/m1/s1. The Labute approximate surface area is 174 Å². The number of carbonyl (C=O) groups excluding carboxylic acids is 2. The Morgan fingerprint density at radius 3 is 2.75 bits per heavy atom. The van der Waals surface area contributed by atoms with Gasteiger partial charge in [-0.3, -0.25) is 9.59 Å². The second-order valence-electron chi connectivity index (χ2n) is 7.29. The summed E-state index contributed by atoms with van der Waals surface area (Å²) in [5.41, 5.74) is 6.76. The number of aromatic nitrogens is 1. The molecule has 1 fully saturated rings. The molecule has 6 nitrogen and oxygen atoms in total. The van der Waals surface area contributed by atoms with Crippen molar-refractivity contribution in [3.8, 4) is 0 Å². The Morgan fingerprint density at radius 2 is 2.07 bits per heavy atom. The van der Waals surface area contributed by atoms with E-state index in [0.29, 0.717) is 30.3 Å². The monoisotopic (exact) mass is 422 g/mol. The van der Waals surface area contributed by atoms with Gasteiger partial charge in [0.1, 0.15) is 6.04 Å². The van der Waals surface area contributed by atoms with E-state index in [2.05, 4.69) is 15.6 Å². The van der Waals surface area contributed by atoms with Gasteiger partial charge in [-0.1, -0.05) is 31.4 Å². The maximum Gasteiger partial charge on any atom is 0.243 e. The maximum atomic E-state index is 13.0. The van der Waals surface area contributed by atoms with E-state index in [9.17, 15) is 9.59 Å². The van der Waals surface area contributed by atoms with Crippen LogP contribution in [0.25, 0.3) is 10.2 Å². The minimum Gasteiger partial charge on any atom is -0.350 e. The van der Waals surface area contributed by atoms with Crippen LogP contribution in [0.2, 0.25) is 5.02 Å². The summed E-state index contributed by atoms with van der Waals surface area (Å²) < 4.78 is 0.967. The summed E-state index contributed by atoms with van der Waals surface area (Å²) >= 11 is 7.54. The molecule has 0 radical (unpaired) electrons. The molecule has 0 saturated heterocycles. The Kier molecular flexibility index (Phi) is 7.26. The number of benzene rings is 1. The average molecular weight is 423 g/mol. The molecular weight excluding hydrogens is 396 g/mol. The van der Waals surface area contributed by atoms with Crippen LogP contribution < -0.4 is 16.4 Å². The molecule has 4 N–H and O–H groups in total. The highest BCUT2D eigenvalue weighted by Gasteiger charge is 2.29. The fourth-order valence-electron chi connectivity index (χ4n) is 3.73. The quantitative estimate of drug-likeness (QED) is 0.609. The Bertz CT molecular complexity index is 835. The minimum absolute atomic E-state index is 0.0507. The lowest BCUT2D eigenvalue weighted by Crippen LogP contribution is -2.53. The molecule has 1 heterocycles. The van der Waals surface area contributed by atoms with Gasteiger partial charge < -0.3 is 16.4 Å². The van der Waals surface area contributed by atoms with Gasteiger partial charge in [0.2, 0.25) is 11.8 Å². The maximum absolute atomic E-state index is 13.0. The van der Waals surface area contributed by atoms with E-state index >= 15 is 0 Å². The highest BCUT2D eigenvalue weighted by molar-refractivity contribution is 7.18. The van der Waals surface area contributed by atoms with Gasteiger partial charge in [0, 0.05) is 30.5 Å². The molecular formula is C20H27ClN4O2S. The fraction of sp³-hybridized carbons (Fsp3) is 0.550. The first-order chi connectivity index (χ1) is 13.5. The lowest BCUT2D eigenvalue weighted by atomic mass is 9.97. The highest BCUT2D eigenvalue weighted by atomic mass is 35.5. The molecule has 1 aromatic heterocycles. The summed E-state index contributed by atoms with van der Waals surface area (Å²) in [7, 11) is 0. The summed E-state index contributed by atoms with van der Waals surface area (Å²) in [5, 5.41) is 7.36. The minimum atomic E-state index is -0.668. The molecule has 1 saturated carbocycles. The van der Waals surface area contributed by atoms with E-state index in [0.717, 1.165) is 28.1 Å². The number of amides is 2. The average Bonchev–Trinajstić information content (AvgIpc) is 3.34. The molecule has 1 unspecified atom stereocenters. The van der Waals surface area contributed by atoms with Crippen molar-refractivity contribution in [1.82, 2.24) is 15.6 Å². The summed E-state index contributed by atoms with van der Waals surface area (Å²) in [6.07, 6.45) is 5.21. The Morgan fingerprint density at radius 1 is 1.32 bits per heavy atom. The summed E-state index contributed by atoms with van der Waals surface area (Å²) in [6.45, 7) is 2.18. The van der Waals surface area contributed by atoms with Gasteiger partial charge in [0.15, 0.2) is 0 Å².